The van der Waals surface area contributed by atoms with Crippen LogP contribution in [-0.2, 0) is 4.79 Å². The molecule has 1 aliphatic rings. The SMILES string of the molecule is Cc1ccc(Nc2nnc(S[C@H]3CCCCC3=O)s2)c(C)c1. The Hall–Kier alpha value is -1.40. The summed E-state index contributed by atoms with van der Waals surface area (Å²) in [6, 6.07) is 6.27. The highest BCUT2D eigenvalue weighted by atomic mass is 32.2. The summed E-state index contributed by atoms with van der Waals surface area (Å²) in [5.41, 5.74) is 3.48. The van der Waals surface area contributed by atoms with Crippen molar-refractivity contribution < 1.29 is 4.79 Å². The van der Waals surface area contributed by atoms with Gasteiger partial charge in [0, 0.05) is 12.1 Å². The number of benzene rings is 1. The van der Waals surface area contributed by atoms with Crippen LogP contribution < -0.4 is 5.32 Å². The van der Waals surface area contributed by atoms with Crippen LogP contribution in [0.5, 0.6) is 0 Å². The molecule has 22 heavy (non-hydrogen) atoms. The van der Waals surface area contributed by atoms with Crippen molar-refractivity contribution >= 4 is 39.7 Å². The fourth-order valence-corrected chi connectivity index (χ4v) is 4.71. The number of aromatic nitrogens is 2. The lowest BCUT2D eigenvalue weighted by molar-refractivity contribution is -0.119. The number of hydrogen-bond donors (Lipinski definition) is 1. The van der Waals surface area contributed by atoms with Gasteiger partial charge < -0.3 is 5.32 Å². The van der Waals surface area contributed by atoms with E-state index in [2.05, 4.69) is 47.6 Å². The summed E-state index contributed by atoms with van der Waals surface area (Å²) in [7, 11) is 0. The van der Waals surface area contributed by atoms with Crippen molar-refractivity contribution in [3.8, 4) is 0 Å². The molecule has 2 aromatic rings. The number of carbonyl (C=O) groups excluding carboxylic acids is 1. The third-order valence-corrected chi connectivity index (χ3v) is 6.01. The van der Waals surface area contributed by atoms with Gasteiger partial charge in [-0.3, -0.25) is 4.79 Å². The number of aryl methyl sites for hydroxylation is 2. The van der Waals surface area contributed by atoms with Crippen molar-refractivity contribution in [2.45, 2.75) is 49.1 Å². The maximum atomic E-state index is 11.9. The molecule has 4 nitrogen and oxygen atoms in total. The van der Waals surface area contributed by atoms with Crippen molar-refractivity contribution in [3.05, 3.63) is 29.3 Å². The summed E-state index contributed by atoms with van der Waals surface area (Å²) in [6.45, 7) is 4.16. The summed E-state index contributed by atoms with van der Waals surface area (Å²) >= 11 is 3.08. The van der Waals surface area contributed by atoms with E-state index in [9.17, 15) is 4.79 Å². The van der Waals surface area contributed by atoms with Crippen LogP contribution in [-0.4, -0.2) is 21.2 Å². The van der Waals surface area contributed by atoms with Crippen LogP contribution in [0.2, 0.25) is 0 Å². The minimum Gasteiger partial charge on any atom is -0.330 e. The lowest BCUT2D eigenvalue weighted by Crippen LogP contribution is -2.21. The first-order valence-corrected chi connectivity index (χ1v) is 9.18. The first-order valence-electron chi connectivity index (χ1n) is 7.49. The molecule has 3 rings (SSSR count). The van der Waals surface area contributed by atoms with Crippen LogP contribution in [0.4, 0.5) is 10.8 Å². The fourth-order valence-electron chi connectivity index (χ4n) is 2.57. The topological polar surface area (TPSA) is 54.9 Å². The summed E-state index contributed by atoms with van der Waals surface area (Å²) in [5.74, 6) is 0.357. The summed E-state index contributed by atoms with van der Waals surface area (Å²) < 4.78 is 0.868. The molecule has 0 unspecified atom stereocenters. The van der Waals surface area contributed by atoms with E-state index in [0.717, 1.165) is 34.4 Å². The van der Waals surface area contributed by atoms with E-state index in [-0.39, 0.29) is 5.25 Å². The number of thioether (sulfide) groups is 1. The van der Waals surface area contributed by atoms with Crippen LogP contribution in [0, 0.1) is 13.8 Å². The molecule has 0 radical (unpaired) electrons. The lowest BCUT2D eigenvalue weighted by Gasteiger charge is -2.18. The van der Waals surface area contributed by atoms with Crippen LogP contribution in [0.25, 0.3) is 0 Å². The average molecular weight is 333 g/mol. The Morgan fingerprint density at radius 1 is 1.27 bits per heavy atom. The Morgan fingerprint density at radius 3 is 2.91 bits per heavy atom. The third kappa shape index (κ3) is 3.67. The molecule has 1 atom stereocenters. The highest BCUT2D eigenvalue weighted by Gasteiger charge is 2.24. The number of hydrogen-bond acceptors (Lipinski definition) is 6. The van der Waals surface area contributed by atoms with Crippen LogP contribution >= 0.6 is 23.1 Å². The van der Waals surface area contributed by atoms with Crippen molar-refractivity contribution in [1.82, 2.24) is 10.2 Å². The van der Waals surface area contributed by atoms with Gasteiger partial charge in [0.25, 0.3) is 0 Å². The van der Waals surface area contributed by atoms with Gasteiger partial charge in [-0.25, -0.2) is 0 Å². The van der Waals surface area contributed by atoms with Gasteiger partial charge in [0.1, 0.15) is 5.78 Å². The molecule has 0 bridgehead atoms. The van der Waals surface area contributed by atoms with Crippen molar-refractivity contribution in [1.29, 1.82) is 0 Å². The predicted molar refractivity (Wildman–Crippen MR) is 92.2 cm³/mol. The highest BCUT2D eigenvalue weighted by molar-refractivity contribution is 8.02. The minimum atomic E-state index is 0.0654. The quantitative estimate of drug-likeness (QED) is 0.892. The Labute approximate surface area is 138 Å². The van der Waals surface area contributed by atoms with Crippen LogP contribution in [0.15, 0.2) is 22.5 Å². The molecule has 1 aromatic heterocycles. The second-order valence-electron chi connectivity index (χ2n) is 5.64. The van der Waals surface area contributed by atoms with E-state index in [0.29, 0.717) is 12.2 Å². The smallest absolute Gasteiger partial charge is 0.210 e. The monoisotopic (exact) mass is 333 g/mol. The molecule has 1 heterocycles. The molecular formula is C16H19N3OS2. The van der Waals surface area contributed by atoms with Gasteiger partial charge in [-0.05, 0) is 38.3 Å². The summed E-state index contributed by atoms with van der Waals surface area (Å²) in [4.78, 5) is 11.9. The molecule has 1 saturated carbocycles. The molecule has 0 spiro atoms. The molecule has 1 aromatic carbocycles. The zero-order valence-corrected chi connectivity index (χ0v) is 14.4. The number of nitrogens with zero attached hydrogens (tertiary/aromatic N) is 2. The first kappa shape index (κ1) is 15.5. The summed E-state index contributed by atoms with van der Waals surface area (Å²) in [5, 5.41) is 12.6. The van der Waals surface area contributed by atoms with Gasteiger partial charge in [0.2, 0.25) is 5.13 Å². The van der Waals surface area contributed by atoms with E-state index in [4.69, 9.17) is 0 Å². The number of Topliss-reactive ketones (excluding diaryl/α,β-unsaturated/α-hetero) is 1. The maximum Gasteiger partial charge on any atom is 0.210 e. The standard InChI is InChI=1S/C16H19N3OS2/c1-10-7-8-12(11(2)9-10)17-15-18-19-16(22-15)21-14-6-4-3-5-13(14)20/h7-9,14H,3-6H2,1-2H3,(H,17,18)/t14-/m0/s1. The molecule has 116 valence electrons. The Morgan fingerprint density at radius 2 is 2.14 bits per heavy atom. The fraction of sp³-hybridized carbons (Fsp3) is 0.438. The number of nitrogens with one attached hydrogen (secondary N) is 1. The second-order valence-corrected chi connectivity index (χ2v) is 8.06. The third-order valence-electron chi connectivity index (χ3n) is 3.77. The van der Waals surface area contributed by atoms with Gasteiger partial charge >= 0.3 is 0 Å². The zero-order chi connectivity index (χ0) is 15.5. The second kappa shape index (κ2) is 6.79. The largest absolute Gasteiger partial charge is 0.330 e. The number of rotatable bonds is 4. The van der Waals surface area contributed by atoms with E-state index >= 15 is 0 Å². The molecular weight excluding hydrogens is 314 g/mol. The van der Waals surface area contributed by atoms with Crippen LogP contribution in [0.1, 0.15) is 36.8 Å². The molecule has 0 amide bonds. The van der Waals surface area contributed by atoms with Gasteiger partial charge in [-0.1, -0.05) is 47.2 Å². The van der Waals surface area contributed by atoms with Crippen molar-refractivity contribution in [3.63, 3.8) is 0 Å². The average Bonchev–Trinajstić information content (AvgIpc) is 2.92. The summed E-state index contributed by atoms with van der Waals surface area (Å²) in [6.07, 6.45) is 3.84. The van der Waals surface area contributed by atoms with E-state index < -0.39 is 0 Å². The van der Waals surface area contributed by atoms with E-state index in [1.165, 1.54) is 22.5 Å². The van der Waals surface area contributed by atoms with E-state index in [1.54, 1.807) is 11.8 Å². The Balaban J connectivity index is 1.67. The normalized spacial score (nSPS) is 18.5. The molecule has 6 heteroatoms. The first-order chi connectivity index (χ1) is 10.6. The molecule has 1 aliphatic carbocycles. The molecule has 1 N–H and O–H groups in total. The van der Waals surface area contributed by atoms with Gasteiger partial charge in [0.15, 0.2) is 4.34 Å². The van der Waals surface area contributed by atoms with E-state index in [1.807, 2.05) is 0 Å². The Kier molecular flexibility index (Phi) is 4.78. The van der Waals surface area contributed by atoms with Crippen molar-refractivity contribution in [2.75, 3.05) is 5.32 Å². The molecule has 0 saturated heterocycles. The number of carbonyl (C=O) groups is 1. The number of ketones is 1. The Bertz CT molecular complexity index is 684. The highest BCUT2D eigenvalue weighted by Crippen LogP contribution is 2.35. The van der Waals surface area contributed by atoms with Crippen LogP contribution in [0.3, 0.4) is 0 Å². The maximum absolute atomic E-state index is 11.9. The predicted octanol–water partition coefficient (Wildman–Crippen LogP) is 4.50. The zero-order valence-electron chi connectivity index (χ0n) is 12.8. The molecule has 0 aliphatic heterocycles. The van der Waals surface area contributed by atoms with Gasteiger partial charge in [-0.2, -0.15) is 0 Å². The van der Waals surface area contributed by atoms with Gasteiger partial charge in [0.05, 0.1) is 5.25 Å². The minimum absolute atomic E-state index is 0.0654. The lowest BCUT2D eigenvalue weighted by atomic mass is 9.99. The van der Waals surface area contributed by atoms with Crippen molar-refractivity contribution in [2.24, 2.45) is 0 Å². The van der Waals surface area contributed by atoms with Gasteiger partial charge in [-0.15, -0.1) is 10.2 Å². The number of anilines is 2. The molecule has 1 fully saturated rings.